The summed E-state index contributed by atoms with van der Waals surface area (Å²) in [6, 6.07) is 9.68. The molecule has 8 heteroatoms. The van der Waals surface area contributed by atoms with E-state index < -0.39 is 0 Å². The molecule has 0 radical (unpaired) electrons. The Balaban J connectivity index is 1.73. The third kappa shape index (κ3) is 7.85. The van der Waals surface area contributed by atoms with Crippen molar-refractivity contribution in [2.75, 3.05) is 26.7 Å². The van der Waals surface area contributed by atoms with Gasteiger partial charge in [0, 0.05) is 31.9 Å². The zero-order chi connectivity index (χ0) is 21.1. The van der Waals surface area contributed by atoms with E-state index >= 15 is 0 Å². The van der Waals surface area contributed by atoms with E-state index in [4.69, 9.17) is 4.74 Å². The first-order valence-corrected chi connectivity index (χ1v) is 9.94. The molecule has 1 aromatic carbocycles. The van der Waals surface area contributed by atoms with E-state index in [0.29, 0.717) is 12.5 Å². The zero-order valence-electron chi connectivity index (χ0n) is 17.8. The van der Waals surface area contributed by atoms with Gasteiger partial charge in [-0.3, -0.25) is 9.48 Å². The minimum atomic E-state index is -0.124. The number of amides is 1. The number of benzene rings is 1. The molecule has 8 nitrogen and oxygen atoms in total. The Labute approximate surface area is 172 Å². The SMILES string of the molecule is CCNC(=NCC(=O)NCc1ccc(OC)cc1)NCCCn1nc(C)cc1C. The molecule has 0 atom stereocenters. The predicted octanol–water partition coefficient (Wildman–Crippen LogP) is 1.77. The second-order valence-electron chi connectivity index (χ2n) is 6.75. The molecule has 0 spiro atoms. The lowest BCUT2D eigenvalue weighted by Crippen LogP contribution is -2.39. The van der Waals surface area contributed by atoms with Crippen LogP contribution >= 0.6 is 0 Å². The van der Waals surface area contributed by atoms with Crippen LogP contribution in [-0.2, 0) is 17.9 Å². The highest BCUT2D eigenvalue weighted by Gasteiger charge is 2.04. The Morgan fingerprint density at radius 1 is 1.17 bits per heavy atom. The van der Waals surface area contributed by atoms with Gasteiger partial charge in [0.1, 0.15) is 12.3 Å². The van der Waals surface area contributed by atoms with Crippen molar-refractivity contribution < 1.29 is 9.53 Å². The molecule has 0 saturated heterocycles. The maximum Gasteiger partial charge on any atom is 0.242 e. The fraction of sp³-hybridized carbons (Fsp3) is 0.476. The third-order valence-electron chi connectivity index (χ3n) is 4.32. The summed E-state index contributed by atoms with van der Waals surface area (Å²) in [4.78, 5) is 16.5. The highest BCUT2D eigenvalue weighted by atomic mass is 16.5. The molecule has 2 rings (SSSR count). The van der Waals surface area contributed by atoms with Crippen LogP contribution in [0.15, 0.2) is 35.3 Å². The molecular weight excluding hydrogens is 368 g/mol. The lowest BCUT2D eigenvalue weighted by molar-refractivity contribution is -0.119. The van der Waals surface area contributed by atoms with Crippen LogP contribution in [0.4, 0.5) is 0 Å². The van der Waals surface area contributed by atoms with E-state index in [1.54, 1.807) is 7.11 Å². The number of hydrogen-bond donors (Lipinski definition) is 3. The fourth-order valence-electron chi connectivity index (χ4n) is 2.83. The van der Waals surface area contributed by atoms with Crippen molar-refractivity contribution >= 4 is 11.9 Å². The highest BCUT2D eigenvalue weighted by molar-refractivity contribution is 5.84. The van der Waals surface area contributed by atoms with E-state index in [9.17, 15) is 4.79 Å². The number of carbonyl (C=O) groups is 1. The minimum absolute atomic E-state index is 0.0724. The molecule has 1 amide bonds. The van der Waals surface area contributed by atoms with Crippen LogP contribution in [0.3, 0.4) is 0 Å². The van der Waals surface area contributed by atoms with Crippen molar-refractivity contribution in [1.82, 2.24) is 25.7 Å². The first-order chi connectivity index (χ1) is 14.0. The molecule has 0 unspecified atom stereocenters. The minimum Gasteiger partial charge on any atom is -0.497 e. The van der Waals surface area contributed by atoms with Crippen LogP contribution in [0.25, 0.3) is 0 Å². The van der Waals surface area contributed by atoms with Crippen LogP contribution < -0.4 is 20.7 Å². The summed E-state index contributed by atoms with van der Waals surface area (Å²) in [5, 5.41) is 13.8. The van der Waals surface area contributed by atoms with Crippen molar-refractivity contribution in [2.24, 2.45) is 4.99 Å². The molecule has 29 heavy (non-hydrogen) atoms. The fourth-order valence-corrected chi connectivity index (χ4v) is 2.83. The molecule has 1 heterocycles. The van der Waals surface area contributed by atoms with Gasteiger partial charge in [0.25, 0.3) is 0 Å². The summed E-state index contributed by atoms with van der Waals surface area (Å²) >= 11 is 0. The predicted molar refractivity (Wildman–Crippen MR) is 115 cm³/mol. The van der Waals surface area contributed by atoms with Crippen molar-refractivity contribution in [1.29, 1.82) is 0 Å². The van der Waals surface area contributed by atoms with Gasteiger partial charge in [0.2, 0.25) is 5.91 Å². The summed E-state index contributed by atoms with van der Waals surface area (Å²) in [6.45, 7) is 8.91. The van der Waals surface area contributed by atoms with Crippen molar-refractivity contribution in [2.45, 2.75) is 40.3 Å². The molecule has 0 aliphatic rings. The maximum atomic E-state index is 12.1. The van der Waals surface area contributed by atoms with E-state index in [1.165, 1.54) is 0 Å². The average molecular weight is 401 g/mol. The second kappa shape index (κ2) is 11.7. The summed E-state index contributed by atoms with van der Waals surface area (Å²) in [5.41, 5.74) is 3.21. The van der Waals surface area contributed by atoms with Gasteiger partial charge in [0.15, 0.2) is 5.96 Å². The molecule has 0 saturated carbocycles. The number of aryl methyl sites for hydroxylation is 3. The van der Waals surface area contributed by atoms with Crippen LogP contribution in [0.5, 0.6) is 5.75 Å². The van der Waals surface area contributed by atoms with Gasteiger partial charge in [-0.1, -0.05) is 12.1 Å². The van der Waals surface area contributed by atoms with E-state index in [2.05, 4.69) is 39.0 Å². The molecule has 2 aromatic rings. The number of carbonyl (C=O) groups excluding carboxylic acids is 1. The molecular formula is C21H32N6O2. The summed E-state index contributed by atoms with van der Waals surface area (Å²) in [7, 11) is 1.63. The topological polar surface area (TPSA) is 92.6 Å². The molecule has 0 aliphatic carbocycles. The first kappa shape index (κ1) is 22.3. The van der Waals surface area contributed by atoms with Gasteiger partial charge in [-0.15, -0.1) is 0 Å². The summed E-state index contributed by atoms with van der Waals surface area (Å²) in [6.07, 6.45) is 0.913. The van der Waals surface area contributed by atoms with Gasteiger partial charge >= 0.3 is 0 Å². The molecule has 0 bridgehead atoms. The molecule has 0 fully saturated rings. The van der Waals surface area contributed by atoms with Gasteiger partial charge < -0.3 is 20.7 Å². The van der Waals surface area contributed by atoms with Gasteiger partial charge in [0.05, 0.1) is 12.8 Å². The van der Waals surface area contributed by atoms with E-state index in [-0.39, 0.29) is 12.5 Å². The summed E-state index contributed by atoms with van der Waals surface area (Å²) < 4.78 is 7.14. The van der Waals surface area contributed by atoms with Crippen LogP contribution in [0.1, 0.15) is 30.3 Å². The Hall–Kier alpha value is -3.03. The Bertz CT molecular complexity index is 798. The van der Waals surface area contributed by atoms with Gasteiger partial charge in [-0.25, -0.2) is 4.99 Å². The summed E-state index contributed by atoms with van der Waals surface area (Å²) in [5.74, 6) is 1.31. The maximum absolute atomic E-state index is 12.1. The Morgan fingerprint density at radius 3 is 2.55 bits per heavy atom. The monoisotopic (exact) mass is 400 g/mol. The van der Waals surface area contributed by atoms with E-state index in [1.807, 2.05) is 42.8 Å². The molecule has 1 aromatic heterocycles. The number of hydrogen-bond acceptors (Lipinski definition) is 4. The number of rotatable bonds is 10. The second-order valence-corrected chi connectivity index (χ2v) is 6.75. The lowest BCUT2D eigenvalue weighted by atomic mass is 10.2. The first-order valence-electron chi connectivity index (χ1n) is 9.94. The largest absolute Gasteiger partial charge is 0.497 e. The average Bonchev–Trinajstić information content (AvgIpc) is 3.04. The van der Waals surface area contributed by atoms with Crippen LogP contribution in [-0.4, -0.2) is 48.4 Å². The standard InChI is InChI=1S/C21H32N6O2/c1-5-22-21(23-11-6-12-27-17(3)13-16(2)26-27)25-15-20(28)24-14-18-7-9-19(29-4)10-8-18/h7-10,13H,5-6,11-12,14-15H2,1-4H3,(H,24,28)(H2,22,23,25). The highest BCUT2D eigenvalue weighted by Crippen LogP contribution is 2.10. The number of methoxy groups -OCH3 is 1. The molecule has 158 valence electrons. The number of ether oxygens (including phenoxy) is 1. The Morgan fingerprint density at radius 2 is 1.93 bits per heavy atom. The van der Waals surface area contributed by atoms with Gasteiger partial charge in [-0.2, -0.15) is 5.10 Å². The quantitative estimate of drug-likeness (QED) is 0.321. The number of nitrogens with one attached hydrogen (secondary N) is 3. The van der Waals surface area contributed by atoms with Crippen LogP contribution in [0.2, 0.25) is 0 Å². The number of aliphatic imine (C=N–C) groups is 1. The Kier molecular flexibility index (Phi) is 9.01. The lowest BCUT2D eigenvalue weighted by Gasteiger charge is -2.12. The van der Waals surface area contributed by atoms with E-state index in [0.717, 1.165) is 48.8 Å². The van der Waals surface area contributed by atoms with Crippen LogP contribution in [0, 0.1) is 13.8 Å². The molecule has 3 N–H and O–H groups in total. The van der Waals surface area contributed by atoms with Crippen molar-refractivity contribution in [3.63, 3.8) is 0 Å². The van der Waals surface area contributed by atoms with Crippen molar-refractivity contribution in [3.05, 3.63) is 47.3 Å². The normalized spacial score (nSPS) is 11.2. The van der Waals surface area contributed by atoms with Crippen molar-refractivity contribution in [3.8, 4) is 5.75 Å². The number of nitrogens with zero attached hydrogens (tertiary/aromatic N) is 3. The molecule has 0 aliphatic heterocycles. The number of aromatic nitrogens is 2. The smallest absolute Gasteiger partial charge is 0.242 e. The third-order valence-corrected chi connectivity index (χ3v) is 4.32. The zero-order valence-corrected chi connectivity index (χ0v) is 17.8. The van der Waals surface area contributed by atoms with Gasteiger partial charge in [-0.05, 0) is 51.0 Å². The number of guanidine groups is 1.